The maximum Gasteiger partial charge on any atom is 0.256 e. The number of ether oxygens (including phenoxy) is 3. The van der Waals surface area contributed by atoms with E-state index < -0.39 is 0 Å². The number of nitriles is 1. The van der Waals surface area contributed by atoms with Crippen molar-refractivity contribution in [3.63, 3.8) is 0 Å². The van der Waals surface area contributed by atoms with Crippen molar-refractivity contribution in [1.82, 2.24) is 44.9 Å². The molecule has 2 N–H and O–H groups in total. The van der Waals surface area contributed by atoms with Crippen LogP contribution in [0.15, 0.2) is 43.1 Å². The molecule has 3 aromatic heterocycles. The molecule has 15 nitrogen and oxygen atoms in total. The predicted octanol–water partition coefficient (Wildman–Crippen LogP) is 5.32. The number of benzene rings is 1. The monoisotopic (exact) mass is 713 g/mol. The van der Waals surface area contributed by atoms with E-state index in [2.05, 4.69) is 60.3 Å². The van der Waals surface area contributed by atoms with Crippen molar-refractivity contribution < 1.29 is 19.3 Å². The van der Waals surface area contributed by atoms with Gasteiger partial charge in [0.25, 0.3) is 5.88 Å². The smallest absolute Gasteiger partial charge is 0.256 e. The quantitative estimate of drug-likeness (QED) is 0.135. The number of tetrazole rings is 1. The van der Waals surface area contributed by atoms with Crippen LogP contribution in [0.5, 0.6) is 11.6 Å². The summed E-state index contributed by atoms with van der Waals surface area (Å²) in [5.41, 5.74) is 2.77. The summed E-state index contributed by atoms with van der Waals surface area (Å²) in [6, 6.07) is 8.49. The van der Waals surface area contributed by atoms with Gasteiger partial charge in [-0.2, -0.15) is 5.26 Å². The number of unbranched alkanes of at least 4 members (excludes halogenated alkanes) is 4. The average molecular weight is 714 g/mol. The minimum absolute atomic E-state index is 0.241. The number of nitrogens with one attached hydrogen (secondary N) is 1. The Balaban J connectivity index is 1.12. The number of anilines is 2. The third-order valence-electron chi connectivity index (χ3n) is 9.74. The molecular weight excluding hydrogens is 662 g/mol. The van der Waals surface area contributed by atoms with Crippen molar-refractivity contribution in [3.05, 3.63) is 48.7 Å². The Morgan fingerprint density at radius 1 is 1.00 bits per heavy atom. The van der Waals surface area contributed by atoms with Crippen LogP contribution in [0.1, 0.15) is 90.2 Å². The molecule has 4 aromatic rings. The molecule has 2 aliphatic rings. The van der Waals surface area contributed by atoms with E-state index in [-0.39, 0.29) is 31.0 Å². The number of hydrogen-bond donors (Lipinski definition) is 2. The van der Waals surface area contributed by atoms with Gasteiger partial charge < -0.3 is 24.6 Å². The first-order valence-electron chi connectivity index (χ1n) is 18.6. The first kappa shape index (κ1) is 37.1. The Hall–Kier alpha value is -4.65. The van der Waals surface area contributed by atoms with E-state index in [1.165, 1.54) is 6.33 Å². The number of aliphatic hydroxyl groups excluding tert-OH is 1. The zero-order valence-electron chi connectivity index (χ0n) is 30.5. The van der Waals surface area contributed by atoms with Crippen LogP contribution in [-0.4, -0.2) is 101 Å². The summed E-state index contributed by atoms with van der Waals surface area (Å²) in [7, 11) is 0. The van der Waals surface area contributed by atoms with Gasteiger partial charge in [-0.3, -0.25) is 9.58 Å². The van der Waals surface area contributed by atoms with Crippen molar-refractivity contribution >= 4 is 11.6 Å². The molecule has 0 radical (unpaired) electrons. The molecule has 1 saturated heterocycles. The largest absolute Gasteiger partial charge is 0.487 e. The minimum Gasteiger partial charge on any atom is -0.487 e. The van der Waals surface area contributed by atoms with Crippen LogP contribution in [0.25, 0.3) is 11.1 Å². The van der Waals surface area contributed by atoms with Gasteiger partial charge in [-0.25, -0.2) is 14.6 Å². The number of aromatic nitrogens is 8. The van der Waals surface area contributed by atoms with Crippen molar-refractivity contribution in [2.45, 2.75) is 115 Å². The third-order valence-corrected chi connectivity index (χ3v) is 9.74. The Morgan fingerprint density at radius 3 is 2.44 bits per heavy atom. The highest BCUT2D eigenvalue weighted by Crippen LogP contribution is 2.35. The molecule has 1 aromatic carbocycles. The summed E-state index contributed by atoms with van der Waals surface area (Å²) in [5.74, 6) is 1.44. The lowest BCUT2D eigenvalue weighted by molar-refractivity contribution is -0.0852. The second-order valence-corrected chi connectivity index (χ2v) is 14.0. The number of nitrogens with zero attached hydrogens (tertiary/aromatic N) is 10. The van der Waals surface area contributed by atoms with E-state index in [0.717, 1.165) is 87.7 Å². The first-order chi connectivity index (χ1) is 25.4. The van der Waals surface area contributed by atoms with Gasteiger partial charge in [-0.05, 0) is 87.4 Å². The Labute approximate surface area is 305 Å². The highest BCUT2D eigenvalue weighted by Gasteiger charge is 2.32. The summed E-state index contributed by atoms with van der Waals surface area (Å²) >= 11 is 0. The molecule has 0 amide bonds. The fourth-order valence-corrected chi connectivity index (χ4v) is 7.21. The van der Waals surface area contributed by atoms with Crippen LogP contribution in [0.3, 0.4) is 0 Å². The van der Waals surface area contributed by atoms with Crippen LogP contribution >= 0.6 is 0 Å². The Bertz CT molecular complexity index is 1710. The zero-order valence-corrected chi connectivity index (χ0v) is 30.5. The normalized spacial score (nSPS) is 21.4. The molecule has 15 heteroatoms. The van der Waals surface area contributed by atoms with Gasteiger partial charge in [0.05, 0.1) is 43.2 Å². The molecule has 0 unspecified atom stereocenters. The predicted molar refractivity (Wildman–Crippen MR) is 194 cm³/mol. The van der Waals surface area contributed by atoms with Gasteiger partial charge >= 0.3 is 0 Å². The van der Waals surface area contributed by atoms with E-state index >= 15 is 0 Å². The summed E-state index contributed by atoms with van der Waals surface area (Å²) in [6.45, 7) is 9.46. The molecule has 0 spiro atoms. The van der Waals surface area contributed by atoms with Crippen LogP contribution in [0.2, 0.25) is 0 Å². The number of aliphatic hydroxyl groups is 1. The first-order valence-corrected chi connectivity index (χ1v) is 18.6. The molecule has 3 atom stereocenters. The molecule has 2 fully saturated rings. The molecule has 52 heavy (non-hydrogen) atoms. The molecular formula is C37H51N11O4. The van der Waals surface area contributed by atoms with Gasteiger partial charge in [0.15, 0.2) is 0 Å². The Kier molecular flexibility index (Phi) is 13.0. The SMILES string of the molecule is C[C@@H]1CN(C2CCC(n3cc(Nc4ncc(-c5ccc(C#N)c(O[C@@H](C)Cn6cnnn6)c5)cn4)c(OCCCCCCCO)n3)CC2)C[C@H](C)O1. The second-order valence-electron chi connectivity index (χ2n) is 14.0. The standard InChI is InChI=1S/C37H51N11O4/c1-26-21-46(22-27(2)51-26)32-11-13-33(14-12-32)48-24-34(36(43-48)50-16-8-6-4-5-7-15-49)42-37-39-19-31(20-40-37)29-9-10-30(18-38)35(17-29)52-28(3)23-47-25-41-44-45-47/h9-10,17,19-20,24-28,32-33,49H,4-8,11-16,21-23H2,1-3H3,(H,39,40,42)/t26-,27+,28-,32?,33?/m0/s1. The molecule has 6 rings (SSSR count). The second kappa shape index (κ2) is 18.2. The van der Waals surface area contributed by atoms with Gasteiger partial charge in [0.1, 0.15) is 29.9 Å². The fourth-order valence-electron chi connectivity index (χ4n) is 7.21. The highest BCUT2D eigenvalue weighted by molar-refractivity contribution is 5.67. The van der Waals surface area contributed by atoms with Gasteiger partial charge in [0.2, 0.25) is 5.95 Å². The lowest BCUT2D eigenvalue weighted by atomic mass is 9.89. The van der Waals surface area contributed by atoms with Crippen LogP contribution < -0.4 is 14.8 Å². The minimum atomic E-state index is -0.273. The van der Waals surface area contributed by atoms with Crippen LogP contribution in [-0.2, 0) is 11.3 Å². The van der Waals surface area contributed by atoms with Gasteiger partial charge in [0, 0.05) is 43.7 Å². The Morgan fingerprint density at radius 2 is 1.73 bits per heavy atom. The van der Waals surface area contributed by atoms with Gasteiger partial charge in [-0.15, -0.1) is 10.2 Å². The third kappa shape index (κ3) is 10.0. The summed E-state index contributed by atoms with van der Waals surface area (Å²) < 4.78 is 22.0. The fraction of sp³-hybridized carbons (Fsp3) is 0.595. The van der Waals surface area contributed by atoms with E-state index in [9.17, 15) is 5.26 Å². The summed E-state index contributed by atoms with van der Waals surface area (Å²) in [5, 5.41) is 38.3. The molecule has 4 heterocycles. The summed E-state index contributed by atoms with van der Waals surface area (Å²) in [6.07, 6.45) is 16.5. The number of rotatable bonds is 17. The summed E-state index contributed by atoms with van der Waals surface area (Å²) in [4.78, 5) is 11.9. The average Bonchev–Trinajstić information content (AvgIpc) is 3.81. The number of morpholine rings is 1. The molecule has 278 valence electrons. The molecule has 1 aliphatic heterocycles. The lowest BCUT2D eigenvalue weighted by Crippen LogP contribution is -2.51. The van der Waals surface area contributed by atoms with Crippen molar-refractivity contribution in [1.29, 1.82) is 5.26 Å². The van der Waals surface area contributed by atoms with Crippen molar-refractivity contribution in [2.24, 2.45) is 0 Å². The maximum absolute atomic E-state index is 9.70. The van der Waals surface area contributed by atoms with E-state index in [1.807, 2.05) is 25.3 Å². The highest BCUT2D eigenvalue weighted by atomic mass is 16.5. The van der Waals surface area contributed by atoms with E-state index in [1.54, 1.807) is 23.1 Å². The van der Waals surface area contributed by atoms with Crippen LogP contribution in [0, 0.1) is 11.3 Å². The van der Waals surface area contributed by atoms with Crippen LogP contribution in [0.4, 0.5) is 11.6 Å². The number of hydrogen-bond acceptors (Lipinski definition) is 13. The van der Waals surface area contributed by atoms with Gasteiger partial charge in [-0.1, -0.05) is 25.3 Å². The molecule has 0 bridgehead atoms. The maximum atomic E-state index is 9.70. The van der Waals surface area contributed by atoms with E-state index in [4.69, 9.17) is 24.4 Å². The lowest BCUT2D eigenvalue weighted by Gasteiger charge is -2.42. The van der Waals surface area contributed by atoms with Crippen molar-refractivity contribution in [3.8, 4) is 28.8 Å². The molecule has 1 aliphatic carbocycles. The molecule has 1 saturated carbocycles. The topological polar surface area (TPSA) is 174 Å². The van der Waals surface area contributed by atoms with E-state index in [0.29, 0.717) is 42.3 Å². The zero-order chi connectivity index (χ0) is 36.3. The van der Waals surface area contributed by atoms with Crippen molar-refractivity contribution in [2.75, 3.05) is 31.6 Å².